The number of aromatic carboxylic acids is 1. The smallest absolute Gasteiger partial charge is 0.335 e. The average molecular weight is 507 g/mol. The van der Waals surface area contributed by atoms with Gasteiger partial charge in [-0.1, -0.05) is 37.4 Å². The molecule has 3 rings (SSSR count). The molecule has 0 aromatic heterocycles. The Kier molecular flexibility index (Phi) is 8.55. The molecule has 194 valence electrons. The van der Waals surface area contributed by atoms with Crippen molar-refractivity contribution in [1.29, 1.82) is 0 Å². The van der Waals surface area contributed by atoms with Gasteiger partial charge in [0.2, 0.25) is 0 Å². The van der Waals surface area contributed by atoms with Crippen molar-refractivity contribution in [1.82, 2.24) is 0 Å². The van der Waals surface area contributed by atoms with Crippen molar-refractivity contribution in [2.75, 3.05) is 13.2 Å². The minimum absolute atomic E-state index is 0.0313. The van der Waals surface area contributed by atoms with E-state index in [0.717, 1.165) is 5.39 Å². The molecule has 0 aliphatic rings. The van der Waals surface area contributed by atoms with Gasteiger partial charge >= 0.3 is 17.9 Å². The Labute approximate surface area is 215 Å². The van der Waals surface area contributed by atoms with Crippen LogP contribution in [0.5, 0.6) is 11.5 Å². The summed E-state index contributed by atoms with van der Waals surface area (Å²) in [6.45, 7) is 13.8. The second kappa shape index (κ2) is 11.6. The van der Waals surface area contributed by atoms with Gasteiger partial charge in [-0.05, 0) is 45.9 Å². The van der Waals surface area contributed by atoms with Gasteiger partial charge < -0.3 is 24.1 Å². The Morgan fingerprint density at radius 3 is 1.62 bits per heavy atom. The van der Waals surface area contributed by atoms with Crippen LogP contribution in [0, 0.1) is 0 Å². The molecule has 0 aliphatic heterocycles. The highest BCUT2D eigenvalue weighted by Crippen LogP contribution is 2.43. The summed E-state index contributed by atoms with van der Waals surface area (Å²) in [6, 6.07) is 12.0. The summed E-state index contributed by atoms with van der Waals surface area (Å²) < 4.78 is 22.9. The summed E-state index contributed by atoms with van der Waals surface area (Å²) in [4.78, 5) is 35.5. The van der Waals surface area contributed by atoms with Crippen molar-refractivity contribution in [3.05, 3.63) is 72.3 Å². The molecule has 2 atom stereocenters. The SMILES string of the molecule is C=C(C)C(=O)OC(C)COc1c2ccccc2c(OCC(C)OC(=O)C(=C)C)c2cc(C(=O)O)ccc12. The van der Waals surface area contributed by atoms with E-state index in [1.165, 1.54) is 12.1 Å². The highest BCUT2D eigenvalue weighted by Gasteiger charge is 2.20. The maximum Gasteiger partial charge on any atom is 0.335 e. The number of benzene rings is 3. The lowest BCUT2D eigenvalue weighted by molar-refractivity contribution is -0.145. The Morgan fingerprint density at radius 1 is 0.757 bits per heavy atom. The molecule has 2 unspecified atom stereocenters. The van der Waals surface area contributed by atoms with Crippen LogP contribution < -0.4 is 9.47 Å². The second-order valence-electron chi connectivity index (χ2n) is 8.88. The molecule has 8 nitrogen and oxygen atoms in total. The van der Waals surface area contributed by atoms with E-state index in [9.17, 15) is 19.5 Å². The zero-order chi connectivity index (χ0) is 27.3. The number of hydrogen-bond acceptors (Lipinski definition) is 7. The number of carbonyl (C=O) groups excluding carboxylic acids is 2. The van der Waals surface area contributed by atoms with Crippen molar-refractivity contribution in [3.8, 4) is 11.5 Å². The summed E-state index contributed by atoms with van der Waals surface area (Å²) in [7, 11) is 0. The fraction of sp³-hybridized carbons (Fsp3) is 0.276. The highest BCUT2D eigenvalue weighted by molar-refractivity contribution is 6.12. The third-order valence-corrected chi connectivity index (χ3v) is 5.41. The lowest BCUT2D eigenvalue weighted by Gasteiger charge is -2.21. The number of hydrogen-bond donors (Lipinski definition) is 1. The van der Waals surface area contributed by atoms with Crippen LogP contribution in [0.4, 0.5) is 0 Å². The Balaban J connectivity index is 2.05. The molecule has 0 heterocycles. The van der Waals surface area contributed by atoms with Crippen LogP contribution in [0.1, 0.15) is 38.1 Å². The number of carbonyl (C=O) groups is 3. The lowest BCUT2D eigenvalue weighted by Crippen LogP contribution is -2.23. The predicted octanol–water partition coefficient (Wildman–Crippen LogP) is 5.46. The molecule has 0 radical (unpaired) electrons. The molecule has 1 N–H and O–H groups in total. The van der Waals surface area contributed by atoms with Gasteiger partial charge in [0.15, 0.2) is 0 Å². The van der Waals surface area contributed by atoms with Crippen LogP contribution >= 0.6 is 0 Å². The van der Waals surface area contributed by atoms with Crippen LogP contribution in [-0.4, -0.2) is 48.4 Å². The van der Waals surface area contributed by atoms with E-state index in [2.05, 4.69) is 13.2 Å². The Bertz CT molecular complexity index is 1390. The molecule has 8 heteroatoms. The van der Waals surface area contributed by atoms with Gasteiger partial charge in [0, 0.05) is 32.7 Å². The molecule has 3 aromatic carbocycles. The third kappa shape index (κ3) is 6.46. The van der Waals surface area contributed by atoms with E-state index in [1.54, 1.807) is 33.8 Å². The third-order valence-electron chi connectivity index (χ3n) is 5.41. The number of rotatable bonds is 11. The first kappa shape index (κ1) is 27.3. The van der Waals surface area contributed by atoms with Crippen molar-refractivity contribution < 1.29 is 38.4 Å². The van der Waals surface area contributed by atoms with Crippen LogP contribution in [0.3, 0.4) is 0 Å². The first-order valence-corrected chi connectivity index (χ1v) is 11.7. The van der Waals surface area contributed by atoms with Crippen molar-refractivity contribution in [2.24, 2.45) is 0 Å². The Morgan fingerprint density at radius 2 is 1.19 bits per heavy atom. The monoisotopic (exact) mass is 506 g/mol. The molecule has 0 saturated heterocycles. The van der Waals surface area contributed by atoms with Crippen LogP contribution in [0.2, 0.25) is 0 Å². The summed E-state index contributed by atoms with van der Waals surface area (Å²) >= 11 is 0. The van der Waals surface area contributed by atoms with E-state index in [0.29, 0.717) is 27.7 Å². The number of carboxylic acid groups (broad SMARTS) is 1. The number of esters is 2. The lowest BCUT2D eigenvalue weighted by atomic mass is 9.98. The highest BCUT2D eigenvalue weighted by atomic mass is 16.6. The number of carboxylic acids is 1. The zero-order valence-electron chi connectivity index (χ0n) is 21.3. The summed E-state index contributed by atoms with van der Waals surface area (Å²) in [6.07, 6.45) is -1.14. The van der Waals surface area contributed by atoms with Gasteiger partial charge in [-0.3, -0.25) is 0 Å². The van der Waals surface area contributed by atoms with Crippen LogP contribution in [-0.2, 0) is 19.1 Å². The molecular formula is C29H30O8. The molecule has 0 aliphatic carbocycles. The summed E-state index contributed by atoms with van der Waals surface area (Å²) in [5.41, 5.74) is 0.635. The molecule has 0 bridgehead atoms. The van der Waals surface area contributed by atoms with Crippen molar-refractivity contribution in [2.45, 2.75) is 39.9 Å². The maximum atomic E-state index is 11.9. The van der Waals surface area contributed by atoms with Gasteiger partial charge in [-0.2, -0.15) is 0 Å². The zero-order valence-corrected chi connectivity index (χ0v) is 21.3. The number of ether oxygens (including phenoxy) is 4. The van der Waals surface area contributed by atoms with Crippen LogP contribution in [0.25, 0.3) is 21.5 Å². The fourth-order valence-electron chi connectivity index (χ4n) is 3.58. The largest absolute Gasteiger partial charge is 0.488 e. The maximum absolute atomic E-state index is 11.9. The first-order valence-electron chi connectivity index (χ1n) is 11.7. The van der Waals surface area contributed by atoms with Crippen molar-refractivity contribution >= 4 is 39.5 Å². The average Bonchev–Trinajstić information content (AvgIpc) is 2.85. The normalized spacial score (nSPS) is 12.4. The quantitative estimate of drug-likeness (QED) is 0.207. The van der Waals surface area contributed by atoms with Gasteiger partial charge in [-0.25, -0.2) is 14.4 Å². The minimum Gasteiger partial charge on any atom is -0.488 e. The van der Waals surface area contributed by atoms with Gasteiger partial charge in [0.05, 0.1) is 5.56 Å². The first-order chi connectivity index (χ1) is 17.5. The predicted molar refractivity (Wildman–Crippen MR) is 140 cm³/mol. The molecule has 0 amide bonds. The molecular weight excluding hydrogens is 476 g/mol. The van der Waals surface area contributed by atoms with Crippen molar-refractivity contribution in [3.63, 3.8) is 0 Å². The van der Waals surface area contributed by atoms with Gasteiger partial charge in [-0.15, -0.1) is 0 Å². The molecule has 37 heavy (non-hydrogen) atoms. The topological polar surface area (TPSA) is 108 Å². The van der Waals surface area contributed by atoms with Crippen LogP contribution in [0.15, 0.2) is 66.8 Å². The van der Waals surface area contributed by atoms with E-state index in [4.69, 9.17) is 18.9 Å². The van der Waals surface area contributed by atoms with E-state index < -0.39 is 30.1 Å². The molecule has 0 fully saturated rings. The molecule has 0 saturated carbocycles. The van der Waals surface area contributed by atoms with Gasteiger partial charge in [0.25, 0.3) is 0 Å². The van der Waals surface area contributed by atoms with Gasteiger partial charge in [0.1, 0.15) is 36.9 Å². The minimum atomic E-state index is -1.09. The molecule has 3 aromatic rings. The fourth-order valence-corrected chi connectivity index (χ4v) is 3.58. The Hall–Kier alpha value is -4.33. The second-order valence-corrected chi connectivity index (χ2v) is 8.88. The number of fused-ring (bicyclic) bond motifs is 2. The summed E-state index contributed by atoms with van der Waals surface area (Å²) in [5, 5.41) is 12.1. The molecule has 0 spiro atoms. The standard InChI is InChI=1S/C29H30O8/c1-16(2)28(32)36-18(5)14-34-25-21-9-7-8-10-22(21)26(35-15-19(6)37-29(33)17(3)4)24-13-20(27(30)31)11-12-23(24)25/h7-13,18-19H,1,3,14-15H2,2,4-6H3,(H,30,31). The van der Waals surface area contributed by atoms with E-state index in [1.807, 2.05) is 24.3 Å². The van der Waals surface area contributed by atoms with E-state index in [-0.39, 0.29) is 29.9 Å². The summed E-state index contributed by atoms with van der Waals surface area (Å²) in [5.74, 6) is -1.20. The van der Waals surface area contributed by atoms with E-state index >= 15 is 0 Å².